The molecule has 1 N–H and O–H groups in total. The number of benzene rings is 1. The summed E-state index contributed by atoms with van der Waals surface area (Å²) in [6, 6.07) is 3.79. The van der Waals surface area contributed by atoms with Crippen LogP contribution in [0.2, 0.25) is 0 Å². The van der Waals surface area contributed by atoms with Crippen molar-refractivity contribution in [1.82, 2.24) is 9.55 Å². The van der Waals surface area contributed by atoms with Crippen molar-refractivity contribution in [2.24, 2.45) is 0 Å². The molecule has 25 heavy (non-hydrogen) atoms. The van der Waals surface area contributed by atoms with Gasteiger partial charge in [0.2, 0.25) is 0 Å². The minimum Gasteiger partial charge on any atom is -0.490 e. The normalized spacial score (nSPS) is 15.9. The molecule has 1 aliphatic carbocycles. The number of aromatic amines is 1. The van der Waals surface area contributed by atoms with Crippen LogP contribution in [0.5, 0.6) is 11.5 Å². The van der Waals surface area contributed by atoms with Crippen LogP contribution in [0.15, 0.2) is 16.9 Å². The quantitative estimate of drug-likeness (QED) is 0.616. The van der Waals surface area contributed by atoms with E-state index in [1.165, 1.54) is 12.8 Å². The van der Waals surface area contributed by atoms with Gasteiger partial charge in [0.15, 0.2) is 16.3 Å². The van der Waals surface area contributed by atoms with Gasteiger partial charge in [0, 0.05) is 12.1 Å². The van der Waals surface area contributed by atoms with Crippen LogP contribution in [0.3, 0.4) is 0 Å². The first-order valence-electron chi connectivity index (χ1n) is 9.23. The molecule has 0 amide bonds. The van der Waals surface area contributed by atoms with E-state index < -0.39 is 0 Å². The third kappa shape index (κ3) is 3.73. The molecule has 1 aromatic heterocycles. The standard InChI is InChI=1S/C19H26N2O3S/c1-3-23-16-11-14-15(12-17(16)24-4-2)20-19(25)21(18(14)22)13-9-7-5-6-8-10-13/h11-13H,3-10H2,1-2H3,(H,20,25). The Bertz CT molecular complexity index is 848. The van der Waals surface area contributed by atoms with Crippen LogP contribution in [-0.4, -0.2) is 22.8 Å². The Morgan fingerprint density at radius 3 is 2.28 bits per heavy atom. The first-order valence-corrected chi connectivity index (χ1v) is 9.64. The Hall–Kier alpha value is -1.82. The molecule has 1 saturated carbocycles. The summed E-state index contributed by atoms with van der Waals surface area (Å²) in [5, 5.41) is 0.602. The number of nitrogens with one attached hydrogen (secondary N) is 1. The van der Waals surface area contributed by atoms with Crippen LogP contribution < -0.4 is 15.0 Å². The van der Waals surface area contributed by atoms with E-state index in [9.17, 15) is 4.79 Å². The summed E-state index contributed by atoms with van der Waals surface area (Å²) >= 11 is 5.52. The molecule has 0 saturated heterocycles. The second-order valence-electron chi connectivity index (χ2n) is 6.46. The average Bonchev–Trinajstić information content (AvgIpc) is 2.86. The molecule has 2 aromatic rings. The fourth-order valence-electron chi connectivity index (χ4n) is 3.62. The summed E-state index contributed by atoms with van der Waals surface area (Å²) in [6.45, 7) is 4.89. The highest BCUT2D eigenvalue weighted by atomic mass is 32.1. The minimum absolute atomic E-state index is 0.0327. The molecule has 1 aliphatic rings. The molecule has 0 aliphatic heterocycles. The number of rotatable bonds is 5. The predicted molar refractivity (Wildman–Crippen MR) is 102 cm³/mol. The van der Waals surface area contributed by atoms with Gasteiger partial charge in [-0.15, -0.1) is 0 Å². The molecule has 0 unspecified atom stereocenters. The SMILES string of the molecule is CCOc1cc2[nH]c(=S)n(C3CCCCCC3)c(=O)c2cc1OCC. The van der Waals surface area contributed by atoms with E-state index in [2.05, 4.69) is 4.98 Å². The van der Waals surface area contributed by atoms with Gasteiger partial charge in [0.05, 0.1) is 24.1 Å². The largest absolute Gasteiger partial charge is 0.490 e. The zero-order chi connectivity index (χ0) is 17.8. The van der Waals surface area contributed by atoms with E-state index in [0.29, 0.717) is 40.4 Å². The van der Waals surface area contributed by atoms with Crippen LogP contribution in [0.25, 0.3) is 10.9 Å². The average molecular weight is 362 g/mol. The lowest BCUT2D eigenvalue weighted by Gasteiger charge is -2.19. The number of aromatic nitrogens is 2. The highest BCUT2D eigenvalue weighted by Gasteiger charge is 2.19. The predicted octanol–water partition coefficient (Wildman–Crippen LogP) is 4.75. The molecule has 1 heterocycles. The number of fused-ring (bicyclic) bond motifs is 1. The lowest BCUT2D eigenvalue weighted by atomic mass is 10.1. The van der Waals surface area contributed by atoms with Crippen LogP contribution in [0, 0.1) is 4.77 Å². The van der Waals surface area contributed by atoms with Gasteiger partial charge in [-0.25, -0.2) is 0 Å². The number of nitrogens with zero attached hydrogens (tertiary/aromatic N) is 1. The van der Waals surface area contributed by atoms with Gasteiger partial charge >= 0.3 is 0 Å². The lowest BCUT2D eigenvalue weighted by Crippen LogP contribution is -2.26. The maximum absolute atomic E-state index is 13.2. The zero-order valence-electron chi connectivity index (χ0n) is 15.0. The highest BCUT2D eigenvalue weighted by Crippen LogP contribution is 2.32. The van der Waals surface area contributed by atoms with Gasteiger partial charge in [0.25, 0.3) is 5.56 Å². The maximum Gasteiger partial charge on any atom is 0.262 e. The van der Waals surface area contributed by atoms with Gasteiger partial charge in [-0.1, -0.05) is 25.7 Å². The number of hydrogen-bond acceptors (Lipinski definition) is 4. The highest BCUT2D eigenvalue weighted by molar-refractivity contribution is 7.71. The zero-order valence-corrected chi connectivity index (χ0v) is 15.8. The van der Waals surface area contributed by atoms with Crippen molar-refractivity contribution < 1.29 is 9.47 Å². The van der Waals surface area contributed by atoms with Crippen molar-refractivity contribution in [3.63, 3.8) is 0 Å². The summed E-state index contributed by atoms with van der Waals surface area (Å²) in [4.78, 5) is 16.4. The topological polar surface area (TPSA) is 56.2 Å². The van der Waals surface area contributed by atoms with Gasteiger partial charge in [-0.05, 0) is 45.0 Å². The van der Waals surface area contributed by atoms with Crippen LogP contribution in [0.1, 0.15) is 58.4 Å². The van der Waals surface area contributed by atoms with Crippen LogP contribution in [-0.2, 0) is 0 Å². The summed E-state index contributed by atoms with van der Waals surface area (Å²) in [6.07, 6.45) is 6.80. The molecule has 0 spiro atoms. The van der Waals surface area contributed by atoms with E-state index in [1.807, 2.05) is 19.9 Å². The van der Waals surface area contributed by atoms with E-state index in [1.54, 1.807) is 10.6 Å². The third-order valence-corrected chi connectivity index (χ3v) is 5.08. The van der Waals surface area contributed by atoms with E-state index in [-0.39, 0.29) is 11.6 Å². The van der Waals surface area contributed by atoms with Crippen molar-refractivity contribution in [3.05, 3.63) is 27.3 Å². The van der Waals surface area contributed by atoms with E-state index in [0.717, 1.165) is 25.7 Å². The van der Waals surface area contributed by atoms with Gasteiger partial charge in [-0.3, -0.25) is 9.36 Å². The van der Waals surface area contributed by atoms with Gasteiger partial charge in [-0.2, -0.15) is 0 Å². The molecule has 0 radical (unpaired) electrons. The Balaban J connectivity index is 2.15. The van der Waals surface area contributed by atoms with Gasteiger partial charge < -0.3 is 14.5 Å². The van der Waals surface area contributed by atoms with Crippen LogP contribution in [0.4, 0.5) is 0 Å². The lowest BCUT2D eigenvalue weighted by molar-refractivity contribution is 0.288. The Kier molecular flexibility index (Phi) is 5.78. The Morgan fingerprint density at radius 1 is 1.08 bits per heavy atom. The smallest absolute Gasteiger partial charge is 0.262 e. The molecule has 1 aromatic carbocycles. The summed E-state index contributed by atoms with van der Waals surface area (Å²) in [5.41, 5.74) is 0.668. The Labute approximate surface area is 153 Å². The molecule has 0 atom stereocenters. The third-order valence-electron chi connectivity index (χ3n) is 4.78. The minimum atomic E-state index is -0.0327. The van der Waals surface area contributed by atoms with Crippen LogP contribution >= 0.6 is 12.2 Å². The molecule has 1 fully saturated rings. The number of hydrogen-bond donors (Lipinski definition) is 1. The number of H-pyrrole nitrogens is 1. The first kappa shape index (κ1) is 18.0. The molecule has 6 heteroatoms. The van der Waals surface area contributed by atoms with Crippen molar-refractivity contribution in [3.8, 4) is 11.5 Å². The van der Waals surface area contributed by atoms with E-state index in [4.69, 9.17) is 21.7 Å². The second kappa shape index (κ2) is 8.04. The fourth-order valence-corrected chi connectivity index (χ4v) is 3.96. The molecule has 136 valence electrons. The molecule has 0 bridgehead atoms. The maximum atomic E-state index is 13.2. The van der Waals surface area contributed by atoms with Crippen molar-refractivity contribution in [2.75, 3.05) is 13.2 Å². The molecule has 5 nitrogen and oxygen atoms in total. The van der Waals surface area contributed by atoms with E-state index >= 15 is 0 Å². The molecular weight excluding hydrogens is 336 g/mol. The second-order valence-corrected chi connectivity index (χ2v) is 6.85. The fraction of sp³-hybridized carbons (Fsp3) is 0.579. The summed E-state index contributed by atoms with van der Waals surface area (Å²) in [5.74, 6) is 1.24. The number of ether oxygens (including phenoxy) is 2. The summed E-state index contributed by atoms with van der Waals surface area (Å²) < 4.78 is 13.6. The summed E-state index contributed by atoms with van der Waals surface area (Å²) in [7, 11) is 0. The van der Waals surface area contributed by atoms with Crippen molar-refractivity contribution in [1.29, 1.82) is 0 Å². The van der Waals surface area contributed by atoms with Crippen molar-refractivity contribution >= 4 is 23.1 Å². The molecule has 3 rings (SSSR count). The Morgan fingerprint density at radius 2 is 1.68 bits per heavy atom. The molecular formula is C19H26N2O3S. The van der Waals surface area contributed by atoms with Crippen molar-refractivity contribution in [2.45, 2.75) is 58.4 Å². The monoisotopic (exact) mass is 362 g/mol. The van der Waals surface area contributed by atoms with Gasteiger partial charge in [0.1, 0.15) is 0 Å². The first-order chi connectivity index (χ1) is 12.2.